The number of carbonyl (C=O) groups is 1. The second-order valence-corrected chi connectivity index (χ2v) is 5.58. The van der Waals surface area contributed by atoms with Crippen molar-refractivity contribution in [3.8, 4) is 11.1 Å². The van der Waals surface area contributed by atoms with Gasteiger partial charge < -0.3 is 5.32 Å². The van der Waals surface area contributed by atoms with Crippen LogP contribution in [0.4, 0.5) is 0 Å². The van der Waals surface area contributed by atoms with E-state index in [4.69, 9.17) is 0 Å². The first-order valence-electron chi connectivity index (χ1n) is 7.63. The number of fused-ring (bicyclic) bond motifs is 3. The van der Waals surface area contributed by atoms with E-state index in [1.54, 1.807) is 11.0 Å². The second kappa shape index (κ2) is 5.68. The van der Waals surface area contributed by atoms with Gasteiger partial charge in [-0.1, -0.05) is 48.5 Å². The lowest BCUT2D eigenvalue weighted by Crippen LogP contribution is -2.28. The molecule has 0 saturated carbocycles. The minimum Gasteiger partial charge on any atom is -0.345 e. The Hall–Kier alpha value is -2.95. The van der Waals surface area contributed by atoms with Gasteiger partial charge in [-0.25, -0.2) is 4.98 Å². The van der Waals surface area contributed by atoms with Crippen molar-refractivity contribution < 1.29 is 4.79 Å². The van der Waals surface area contributed by atoms with Crippen LogP contribution < -0.4 is 5.32 Å². The summed E-state index contributed by atoms with van der Waals surface area (Å²) in [6.07, 6.45) is 3.47. The van der Waals surface area contributed by atoms with Gasteiger partial charge in [0.15, 0.2) is 0 Å². The third-order valence-electron chi connectivity index (χ3n) is 4.17. The van der Waals surface area contributed by atoms with Gasteiger partial charge in [0.05, 0.1) is 12.6 Å². The van der Waals surface area contributed by atoms with Gasteiger partial charge in [-0.2, -0.15) is 5.10 Å². The highest BCUT2D eigenvalue weighted by Gasteiger charge is 2.28. The summed E-state index contributed by atoms with van der Waals surface area (Å²) in [5.74, 6) is 0.0111. The number of hydrogen-bond donors (Lipinski definition) is 1. The van der Waals surface area contributed by atoms with Crippen molar-refractivity contribution in [1.29, 1.82) is 0 Å². The predicted molar refractivity (Wildman–Crippen MR) is 86.5 cm³/mol. The summed E-state index contributed by atoms with van der Waals surface area (Å²) < 4.78 is 1.66. The minimum absolute atomic E-state index is 0.0111. The summed E-state index contributed by atoms with van der Waals surface area (Å²) in [6, 6.07) is 16.4. The second-order valence-electron chi connectivity index (χ2n) is 5.58. The van der Waals surface area contributed by atoms with E-state index in [0.29, 0.717) is 13.0 Å². The highest BCUT2D eigenvalue weighted by atomic mass is 16.1. The Morgan fingerprint density at radius 1 is 1.04 bits per heavy atom. The van der Waals surface area contributed by atoms with Crippen LogP contribution in [0, 0.1) is 0 Å². The van der Waals surface area contributed by atoms with Crippen LogP contribution in [0.1, 0.15) is 23.6 Å². The lowest BCUT2D eigenvalue weighted by atomic mass is 10.1. The summed E-state index contributed by atoms with van der Waals surface area (Å²) in [6.45, 7) is 0.530. The van der Waals surface area contributed by atoms with Gasteiger partial charge >= 0.3 is 0 Å². The fraction of sp³-hybridized carbons (Fsp3) is 0.167. The molecule has 1 heterocycles. The summed E-state index contributed by atoms with van der Waals surface area (Å²) in [5, 5.41) is 7.17. The van der Waals surface area contributed by atoms with Crippen LogP contribution in [0.2, 0.25) is 0 Å². The van der Waals surface area contributed by atoms with Crippen LogP contribution >= 0.6 is 0 Å². The molecule has 0 radical (unpaired) electrons. The van der Waals surface area contributed by atoms with Crippen molar-refractivity contribution in [2.75, 3.05) is 0 Å². The topological polar surface area (TPSA) is 59.8 Å². The Labute approximate surface area is 134 Å². The molecule has 1 amide bonds. The Balaban J connectivity index is 1.55. The molecule has 114 valence electrons. The third-order valence-corrected chi connectivity index (χ3v) is 4.17. The first-order chi connectivity index (χ1) is 11.3. The number of aryl methyl sites for hydroxylation is 1. The van der Waals surface area contributed by atoms with Gasteiger partial charge in [-0.05, 0) is 22.3 Å². The van der Waals surface area contributed by atoms with Crippen LogP contribution in [-0.2, 0) is 11.3 Å². The maximum Gasteiger partial charge on any atom is 0.222 e. The van der Waals surface area contributed by atoms with Crippen molar-refractivity contribution in [2.45, 2.75) is 19.0 Å². The summed E-state index contributed by atoms with van der Waals surface area (Å²) in [5.41, 5.74) is 4.71. The zero-order valence-electron chi connectivity index (χ0n) is 12.5. The lowest BCUT2D eigenvalue weighted by molar-refractivity contribution is -0.121. The maximum absolute atomic E-state index is 12.3. The van der Waals surface area contributed by atoms with Crippen molar-refractivity contribution in [2.24, 2.45) is 0 Å². The van der Waals surface area contributed by atoms with Crippen molar-refractivity contribution in [3.63, 3.8) is 0 Å². The van der Waals surface area contributed by atoms with Crippen LogP contribution in [0.25, 0.3) is 11.1 Å². The Kier molecular flexibility index (Phi) is 3.38. The summed E-state index contributed by atoms with van der Waals surface area (Å²) in [4.78, 5) is 16.2. The molecule has 0 spiro atoms. The molecule has 23 heavy (non-hydrogen) atoms. The quantitative estimate of drug-likeness (QED) is 0.806. The average Bonchev–Trinajstić information content (AvgIpc) is 3.21. The van der Waals surface area contributed by atoms with E-state index >= 15 is 0 Å². The van der Waals surface area contributed by atoms with Gasteiger partial charge in [-0.3, -0.25) is 9.48 Å². The van der Waals surface area contributed by atoms with Gasteiger partial charge in [-0.15, -0.1) is 0 Å². The van der Waals surface area contributed by atoms with Crippen molar-refractivity contribution in [3.05, 3.63) is 72.3 Å². The summed E-state index contributed by atoms with van der Waals surface area (Å²) in [7, 11) is 0. The van der Waals surface area contributed by atoms with E-state index in [-0.39, 0.29) is 11.9 Å². The molecule has 5 heteroatoms. The number of nitrogens with zero attached hydrogens (tertiary/aromatic N) is 3. The van der Waals surface area contributed by atoms with E-state index < -0.39 is 0 Å². The van der Waals surface area contributed by atoms with Gasteiger partial charge in [0.1, 0.15) is 12.7 Å². The first kappa shape index (κ1) is 13.7. The predicted octanol–water partition coefficient (Wildman–Crippen LogP) is 2.55. The Bertz CT molecular complexity index is 796. The zero-order chi connectivity index (χ0) is 15.6. The van der Waals surface area contributed by atoms with E-state index in [2.05, 4.69) is 39.7 Å². The molecular formula is C18H16N4O. The average molecular weight is 304 g/mol. The molecule has 0 unspecified atom stereocenters. The molecule has 4 rings (SSSR count). The Morgan fingerprint density at radius 2 is 1.70 bits per heavy atom. The van der Waals surface area contributed by atoms with Crippen LogP contribution in [0.3, 0.4) is 0 Å². The number of carbonyl (C=O) groups excluding carboxylic acids is 1. The van der Waals surface area contributed by atoms with E-state index in [1.165, 1.54) is 17.5 Å². The SMILES string of the molecule is O=C(CCn1cncn1)NC1c2ccccc2-c2ccccc21. The molecule has 0 atom stereocenters. The van der Waals surface area contributed by atoms with Gasteiger partial charge in [0.2, 0.25) is 5.91 Å². The minimum atomic E-state index is -0.0781. The molecule has 1 aromatic heterocycles. The molecule has 5 nitrogen and oxygen atoms in total. The molecule has 2 aromatic carbocycles. The molecule has 0 aliphatic heterocycles. The zero-order valence-corrected chi connectivity index (χ0v) is 12.5. The standard InChI is InChI=1S/C18H16N4O/c23-17(9-10-22-12-19-11-20-22)21-18-15-7-3-1-5-13(15)14-6-2-4-8-16(14)18/h1-8,11-12,18H,9-10H2,(H,21,23). The van der Waals surface area contributed by atoms with Gasteiger partial charge in [0.25, 0.3) is 0 Å². The fourth-order valence-electron chi connectivity index (χ4n) is 3.11. The number of amides is 1. The number of hydrogen-bond acceptors (Lipinski definition) is 3. The molecule has 3 aromatic rings. The molecular weight excluding hydrogens is 288 g/mol. The first-order valence-corrected chi connectivity index (χ1v) is 7.63. The number of benzene rings is 2. The molecule has 0 bridgehead atoms. The van der Waals surface area contributed by atoms with E-state index in [1.807, 2.05) is 24.3 Å². The molecule has 0 saturated heterocycles. The maximum atomic E-state index is 12.3. The third kappa shape index (κ3) is 2.50. The lowest BCUT2D eigenvalue weighted by Gasteiger charge is -2.16. The largest absolute Gasteiger partial charge is 0.345 e. The normalized spacial score (nSPS) is 12.7. The fourth-order valence-corrected chi connectivity index (χ4v) is 3.11. The van der Waals surface area contributed by atoms with Gasteiger partial charge in [0, 0.05) is 6.42 Å². The molecule has 1 aliphatic rings. The highest BCUT2D eigenvalue weighted by molar-refractivity contribution is 5.83. The smallest absolute Gasteiger partial charge is 0.222 e. The number of aromatic nitrogens is 3. The highest BCUT2D eigenvalue weighted by Crippen LogP contribution is 2.42. The van der Waals surface area contributed by atoms with E-state index in [9.17, 15) is 4.79 Å². The molecule has 0 fully saturated rings. The summed E-state index contributed by atoms with van der Waals surface area (Å²) >= 11 is 0. The van der Waals surface area contributed by atoms with Crippen LogP contribution in [0.15, 0.2) is 61.2 Å². The van der Waals surface area contributed by atoms with E-state index in [0.717, 1.165) is 11.1 Å². The monoisotopic (exact) mass is 304 g/mol. The Morgan fingerprint density at radius 3 is 2.30 bits per heavy atom. The van der Waals surface area contributed by atoms with Crippen LogP contribution in [0.5, 0.6) is 0 Å². The van der Waals surface area contributed by atoms with Crippen molar-refractivity contribution >= 4 is 5.91 Å². The molecule has 1 N–H and O–H groups in total. The number of nitrogens with one attached hydrogen (secondary N) is 1. The van der Waals surface area contributed by atoms with Crippen LogP contribution in [-0.4, -0.2) is 20.7 Å². The van der Waals surface area contributed by atoms with Crippen molar-refractivity contribution in [1.82, 2.24) is 20.1 Å². The molecule has 1 aliphatic carbocycles. The number of rotatable bonds is 4.